The van der Waals surface area contributed by atoms with Crippen LogP contribution in [0.1, 0.15) is 17.0 Å². The number of aromatic nitrogens is 2. The largest absolute Gasteiger partial charge is 0.337 e. The predicted octanol–water partition coefficient (Wildman–Crippen LogP) is 2.69. The van der Waals surface area contributed by atoms with Crippen molar-refractivity contribution < 1.29 is 0 Å². The maximum absolute atomic E-state index is 8.84. The Kier molecular flexibility index (Phi) is 4.35. The lowest BCUT2D eigenvalue weighted by atomic mass is 10.1. The second-order valence-electron chi connectivity index (χ2n) is 4.54. The Labute approximate surface area is 121 Å². The van der Waals surface area contributed by atoms with Crippen molar-refractivity contribution in [2.45, 2.75) is 13.1 Å². The number of halogens is 1. The Morgan fingerprint density at radius 2 is 2.21 bits per heavy atom. The summed E-state index contributed by atoms with van der Waals surface area (Å²) in [7, 11) is 4.05. The zero-order valence-corrected chi connectivity index (χ0v) is 12.6. The summed E-state index contributed by atoms with van der Waals surface area (Å²) in [6.45, 7) is 1.59. The fourth-order valence-corrected chi connectivity index (χ4v) is 2.39. The smallest absolute Gasteiger partial charge is 0.122 e. The standard InChI is InChI=1S/C14H15BrN4/c1-18(10-14-17-5-6-19(14)2)9-12-4-3-11(8-16)7-13(12)15/h3-7H,9-10H2,1-2H3. The van der Waals surface area contributed by atoms with Crippen molar-refractivity contribution in [2.24, 2.45) is 7.05 Å². The average molecular weight is 319 g/mol. The van der Waals surface area contributed by atoms with Crippen LogP contribution in [0.2, 0.25) is 0 Å². The van der Waals surface area contributed by atoms with Crippen LogP contribution in [-0.2, 0) is 20.1 Å². The van der Waals surface area contributed by atoms with Crippen molar-refractivity contribution in [2.75, 3.05) is 7.05 Å². The molecule has 19 heavy (non-hydrogen) atoms. The maximum atomic E-state index is 8.84. The Morgan fingerprint density at radius 1 is 1.42 bits per heavy atom. The van der Waals surface area contributed by atoms with E-state index in [0.717, 1.165) is 29.0 Å². The van der Waals surface area contributed by atoms with Crippen LogP contribution in [0.3, 0.4) is 0 Å². The van der Waals surface area contributed by atoms with Gasteiger partial charge in [0.15, 0.2) is 0 Å². The highest BCUT2D eigenvalue weighted by Crippen LogP contribution is 2.20. The van der Waals surface area contributed by atoms with E-state index in [1.54, 1.807) is 6.20 Å². The minimum atomic E-state index is 0.669. The second kappa shape index (κ2) is 6.00. The van der Waals surface area contributed by atoms with Crippen LogP contribution in [0.4, 0.5) is 0 Å². The molecule has 0 amide bonds. The van der Waals surface area contributed by atoms with E-state index in [2.05, 4.69) is 38.9 Å². The molecule has 0 fully saturated rings. The summed E-state index contributed by atoms with van der Waals surface area (Å²) in [5, 5.41) is 8.84. The SMILES string of the molecule is CN(Cc1ccc(C#N)cc1Br)Cc1nccn1C. The van der Waals surface area contributed by atoms with Gasteiger partial charge < -0.3 is 4.57 Å². The highest BCUT2D eigenvalue weighted by molar-refractivity contribution is 9.10. The highest BCUT2D eigenvalue weighted by atomic mass is 79.9. The molecule has 0 bridgehead atoms. The van der Waals surface area contributed by atoms with Crippen molar-refractivity contribution in [1.82, 2.24) is 14.5 Å². The summed E-state index contributed by atoms with van der Waals surface area (Å²) >= 11 is 3.51. The van der Waals surface area contributed by atoms with Crippen LogP contribution in [0.15, 0.2) is 35.1 Å². The lowest BCUT2D eigenvalue weighted by molar-refractivity contribution is 0.306. The molecule has 0 saturated carbocycles. The minimum absolute atomic E-state index is 0.669. The molecule has 0 atom stereocenters. The number of hydrogen-bond acceptors (Lipinski definition) is 3. The molecule has 1 aromatic carbocycles. The number of rotatable bonds is 4. The number of hydrogen-bond donors (Lipinski definition) is 0. The van der Waals surface area contributed by atoms with Gasteiger partial charge in [-0.2, -0.15) is 5.26 Å². The van der Waals surface area contributed by atoms with Crippen molar-refractivity contribution >= 4 is 15.9 Å². The fourth-order valence-electron chi connectivity index (χ4n) is 1.88. The van der Waals surface area contributed by atoms with Gasteiger partial charge >= 0.3 is 0 Å². The molecule has 98 valence electrons. The molecule has 2 rings (SSSR count). The molecule has 0 aliphatic rings. The topological polar surface area (TPSA) is 44.9 Å². The molecule has 2 aromatic rings. The van der Waals surface area contributed by atoms with E-state index < -0.39 is 0 Å². The first-order valence-corrected chi connectivity index (χ1v) is 6.72. The predicted molar refractivity (Wildman–Crippen MR) is 77.2 cm³/mol. The fraction of sp³-hybridized carbons (Fsp3) is 0.286. The number of benzene rings is 1. The van der Waals surface area contributed by atoms with E-state index in [1.165, 1.54) is 0 Å². The zero-order valence-electron chi connectivity index (χ0n) is 11.0. The van der Waals surface area contributed by atoms with Crippen LogP contribution in [-0.4, -0.2) is 21.5 Å². The van der Waals surface area contributed by atoms with Gasteiger partial charge in [-0.1, -0.05) is 22.0 Å². The third-order valence-corrected chi connectivity index (χ3v) is 3.69. The van der Waals surface area contributed by atoms with Crippen LogP contribution in [0.25, 0.3) is 0 Å². The van der Waals surface area contributed by atoms with E-state index in [-0.39, 0.29) is 0 Å². The maximum Gasteiger partial charge on any atom is 0.122 e. The first-order valence-electron chi connectivity index (χ1n) is 5.93. The molecule has 4 nitrogen and oxygen atoms in total. The molecule has 0 saturated heterocycles. The molecule has 0 unspecified atom stereocenters. The van der Waals surface area contributed by atoms with Gasteiger partial charge in [-0.15, -0.1) is 0 Å². The van der Waals surface area contributed by atoms with Gasteiger partial charge in [-0.05, 0) is 24.7 Å². The second-order valence-corrected chi connectivity index (χ2v) is 5.40. The monoisotopic (exact) mass is 318 g/mol. The molecule has 0 N–H and O–H groups in total. The first kappa shape index (κ1) is 13.8. The van der Waals surface area contributed by atoms with Crippen molar-refractivity contribution in [3.05, 3.63) is 52.0 Å². The number of nitriles is 1. The first-order chi connectivity index (χ1) is 9.10. The van der Waals surface area contributed by atoms with Gasteiger partial charge in [0.2, 0.25) is 0 Å². The third kappa shape index (κ3) is 3.43. The lowest BCUT2D eigenvalue weighted by Gasteiger charge is -2.17. The van der Waals surface area contributed by atoms with Crippen LogP contribution < -0.4 is 0 Å². The Balaban J connectivity index is 2.05. The van der Waals surface area contributed by atoms with Crippen molar-refractivity contribution in [3.8, 4) is 6.07 Å². The van der Waals surface area contributed by atoms with Crippen LogP contribution >= 0.6 is 15.9 Å². The quantitative estimate of drug-likeness (QED) is 0.870. The van der Waals surface area contributed by atoms with E-state index in [1.807, 2.05) is 36.0 Å². The molecule has 0 aliphatic carbocycles. The Morgan fingerprint density at radius 3 is 2.79 bits per heavy atom. The molecule has 0 radical (unpaired) electrons. The number of aryl methyl sites for hydroxylation is 1. The molecule has 1 aromatic heterocycles. The van der Waals surface area contributed by atoms with E-state index >= 15 is 0 Å². The summed E-state index contributed by atoms with van der Waals surface area (Å²) in [6.07, 6.45) is 3.75. The average Bonchev–Trinajstić information content (AvgIpc) is 2.77. The molecular formula is C14H15BrN4. The van der Waals surface area contributed by atoms with Gasteiger partial charge in [0.1, 0.15) is 5.82 Å². The Hall–Kier alpha value is -1.64. The highest BCUT2D eigenvalue weighted by Gasteiger charge is 2.08. The van der Waals surface area contributed by atoms with E-state index in [4.69, 9.17) is 5.26 Å². The summed E-state index contributed by atoms with van der Waals surface area (Å²) < 4.78 is 2.99. The summed E-state index contributed by atoms with van der Waals surface area (Å²) in [4.78, 5) is 6.50. The van der Waals surface area contributed by atoms with Crippen molar-refractivity contribution in [3.63, 3.8) is 0 Å². The molecule has 1 heterocycles. The van der Waals surface area contributed by atoms with Crippen LogP contribution in [0.5, 0.6) is 0 Å². The van der Waals surface area contributed by atoms with E-state index in [0.29, 0.717) is 5.56 Å². The molecule has 0 aliphatic heterocycles. The van der Waals surface area contributed by atoms with Gasteiger partial charge in [-0.25, -0.2) is 4.98 Å². The van der Waals surface area contributed by atoms with Gasteiger partial charge in [0, 0.05) is 30.5 Å². The van der Waals surface area contributed by atoms with Gasteiger partial charge in [0.05, 0.1) is 18.2 Å². The minimum Gasteiger partial charge on any atom is -0.337 e. The summed E-state index contributed by atoms with van der Waals surface area (Å²) in [6, 6.07) is 7.81. The third-order valence-electron chi connectivity index (χ3n) is 2.95. The van der Waals surface area contributed by atoms with Crippen molar-refractivity contribution in [1.29, 1.82) is 5.26 Å². The number of nitrogens with zero attached hydrogens (tertiary/aromatic N) is 4. The zero-order chi connectivity index (χ0) is 13.8. The van der Waals surface area contributed by atoms with E-state index in [9.17, 15) is 0 Å². The lowest BCUT2D eigenvalue weighted by Crippen LogP contribution is -2.19. The normalized spacial score (nSPS) is 10.7. The number of imidazole rings is 1. The van der Waals surface area contributed by atoms with Gasteiger partial charge in [-0.3, -0.25) is 4.90 Å². The van der Waals surface area contributed by atoms with Crippen LogP contribution in [0, 0.1) is 11.3 Å². The van der Waals surface area contributed by atoms with Gasteiger partial charge in [0.25, 0.3) is 0 Å². The molecule has 0 spiro atoms. The molecular weight excluding hydrogens is 304 g/mol. The molecule has 5 heteroatoms. The summed E-state index contributed by atoms with van der Waals surface area (Å²) in [5.74, 6) is 1.03. The summed E-state index contributed by atoms with van der Waals surface area (Å²) in [5.41, 5.74) is 1.83. The Bertz CT molecular complexity index is 612.